The number of carbonyl (C=O) groups excluding carboxylic acids is 2. The molecule has 2 atom stereocenters. The van der Waals surface area contributed by atoms with E-state index in [0.717, 1.165) is 12.1 Å². The van der Waals surface area contributed by atoms with Crippen molar-refractivity contribution < 1.29 is 27.6 Å². The maximum Gasteiger partial charge on any atom is 0.435 e. The van der Waals surface area contributed by atoms with E-state index in [0.29, 0.717) is 22.4 Å². The summed E-state index contributed by atoms with van der Waals surface area (Å²) >= 11 is 13.2. The molecule has 1 fully saturated rings. The first-order valence-electron chi connectivity index (χ1n) is 9.35. The van der Waals surface area contributed by atoms with Gasteiger partial charge in [0.2, 0.25) is 0 Å². The zero-order chi connectivity index (χ0) is 23.3. The van der Waals surface area contributed by atoms with E-state index in [4.69, 9.17) is 28.0 Å². The molecule has 32 heavy (non-hydrogen) atoms. The number of thioether (sulfide) groups is 1. The summed E-state index contributed by atoms with van der Waals surface area (Å²) in [6, 6.07) is 8.17. The lowest BCUT2D eigenvalue weighted by molar-refractivity contribution is -0.275. The van der Waals surface area contributed by atoms with Crippen LogP contribution in [0.5, 0.6) is 0 Å². The van der Waals surface area contributed by atoms with Gasteiger partial charge in [-0.25, -0.2) is 0 Å². The molecule has 1 N–H and O–H groups in total. The number of oxime groups is 1. The molecule has 0 spiro atoms. The molecule has 1 unspecified atom stereocenters. The van der Waals surface area contributed by atoms with Gasteiger partial charge < -0.3 is 10.2 Å². The van der Waals surface area contributed by atoms with Crippen LogP contribution < -0.4 is 5.32 Å². The highest BCUT2D eigenvalue weighted by Gasteiger charge is 2.62. The van der Waals surface area contributed by atoms with Crippen LogP contribution in [-0.4, -0.2) is 34.7 Å². The van der Waals surface area contributed by atoms with Gasteiger partial charge in [0.1, 0.15) is 5.37 Å². The first kappa shape index (κ1) is 22.9. The van der Waals surface area contributed by atoms with E-state index in [1.165, 1.54) is 30.0 Å². The molecule has 0 bridgehead atoms. The third-order valence-corrected chi connectivity index (χ3v) is 6.87. The average molecular weight is 503 g/mol. The summed E-state index contributed by atoms with van der Waals surface area (Å²) in [5.41, 5.74) is -1.70. The number of carbonyl (C=O) groups is 2. The Hall–Kier alpha value is -2.23. The Kier molecular flexibility index (Phi) is 5.94. The third kappa shape index (κ3) is 4.09. The van der Waals surface area contributed by atoms with Crippen LogP contribution in [0.2, 0.25) is 10.0 Å². The number of nitrogens with zero attached hydrogens (tertiary/aromatic N) is 1. The number of halogens is 5. The van der Waals surface area contributed by atoms with Crippen molar-refractivity contribution in [1.29, 1.82) is 0 Å². The maximum absolute atomic E-state index is 14.1. The molecule has 5 nitrogen and oxygen atoms in total. The molecule has 0 saturated carbocycles. The van der Waals surface area contributed by atoms with Crippen LogP contribution in [0.1, 0.15) is 33.5 Å². The number of amides is 1. The molecule has 2 aliphatic heterocycles. The number of alkyl halides is 3. The SMILES string of the molecule is Cc1cc(C2=NO[C@@](c3cc(Cl)cc(Cl)c3)(C(F)(F)F)C2)ccc1C(=O)NC1SCC1=O. The van der Waals surface area contributed by atoms with E-state index in [-0.39, 0.29) is 27.1 Å². The van der Waals surface area contributed by atoms with E-state index in [1.807, 2.05) is 0 Å². The smallest absolute Gasteiger partial charge is 0.374 e. The fourth-order valence-corrected chi connectivity index (χ4v) is 4.68. The normalized spacial score (nSPS) is 22.8. The van der Waals surface area contributed by atoms with Crippen molar-refractivity contribution in [1.82, 2.24) is 5.32 Å². The van der Waals surface area contributed by atoms with Gasteiger partial charge in [-0.3, -0.25) is 9.59 Å². The second-order valence-corrected chi connectivity index (χ2v) is 9.42. The number of hydrogen-bond acceptors (Lipinski definition) is 5. The van der Waals surface area contributed by atoms with E-state index < -0.39 is 29.5 Å². The highest BCUT2D eigenvalue weighted by Crippen LogP contribution is 2.49. The topological polar surface area (TPSA) is 67.8 Å². The van der Waals surface area contributed by atoms with Crippen LogP contribution in [0.4, 0.5) is 13.2 Å². The molecule has 0 aromatic heterocycles. The number of benzene rings is 2. The fraction of sp³-hybridized carbons (Fsp3) is 0.286. The Morgan fingerprint density at radius 1 is 1.22 bits per heavy atom. The molecule has 2 aliphatic rings. The highest BCUT2D eigenvalue weighted by molar-refractivity contribution is 8.03. The van der Waals surface area contributed by atoms with E-state index in [1.54, 1.807) is 13.0 Å². The monoisotopic (exact) mass is 502 g/mol. The molecule has 2 heterocycles. The molecule has 11 heteroatoms. The van der Waals surface area contributed by atoms with Gasteiger partial charge >= 0.3 is 6.18 Å². The zero-order valence-corrected chi connectivity index (χ0v) is 18.8. The van der Waals surface area contributed by atoms with Crippen molar-refractivity contribution in [3.05, 3.63) is 68.7 Å². The molecule has 1 amide bonds. The minimum Gasteiger partial charge on any atom is -0.374 e. The Morgan fingerprint density at radius 2 is 1.91 bits per heavy atom. The Morgan fingerprint density at radius 3 is 2.44 bits per heavy atom. The minimum atomic E-state index is -4.80. The summed E-state index contributed by atoms with van der Waals surface area (Å²) in [7, 11) is 0. The van der Waals surface area contributed by atoms with Crippen LogP contribution >= 0.6 is 35.0 Å². The van der Waals surface area contributed by atoms with Gasteiger partial charge in [-0.15, -0.1) is 11.8 Å². The number of hydrogen-bond donors (Lipinski definition) is 1. The summed E-state index contributed by atoms with van der Waals surface area (Å²) in [5, 5.41) is 5.87. The minimum absolute atomic E-state index is 0.0440. The lowest BCUT2D eigenvalue weighted by Crippen LogP contribution is -2.46. The average Bonchev–Trinajstić information content (AvgIpc) is 3.17. The second-order valence-electron chi connectivity index (χ2n) is 7.45. The van der Waals surface area contributed by atoms with Gasteiger partial charge in [0.15, 0.2) is 5.78 Å². The van der Waals surface area contributed by atoms with Crippen molar-refractivity contribution in [2.45, 2.75) is 30.5 Å². The van der Waals surface area contributed by atoms with Gasteiger partial charge in [-0.05, 0) is 48.4 Å². The van der Waals surface area contributed by atoms with Crippen molar-refractivity contribution in [3.8, 4) is 0 Å². The summed E-state index contributed by atoms with van der Waals surface area (Å²) in [4.78, 5) is 28.9. The van der Waals surface area contributed by atoms with Crippen LogP contribution in [0.25, 0.3) is 0 Å². The predicted octanol–water partition coefficient (Wildman–Crippen LogP) is 5.26. The van der Waals surface area contributed by atoms with Crippen molar-refractivity contribution in [2.24, 2.45) is 5.16 Å². The maximum atomic E-state index is 14.1. The standard InChI is InChI=1S/C21H15Cl2F3N2O3S/c1-10-4-11(2-3-15(10)18(30)27-19-17(29)9-32-19)16-8-20(31-28-16,21(24,25)26)12-5-13(22)7-14(23)6-12/h2-7,19H,8-9H2,1H3,(H,27,30)/t19?,20-/m0/s1. The highest BCUT2D eigenvalue weighted by atomic mass is 35.5. The number of nitrogens with one attached hydrogen (secondary N) is 1. The van der Waals surface area contributed by atoms with Gasteiger partial charge in [0.25, 0.3) is 11.5 Å². The number of Topliss-reactive ketones (excluding diaryl/α,β-unsaturated/α-hetero) is 1. The molecule has 168 valence electrons. The second kappa shape index (κ2) is 8.28. The molecule has 2 aromatic rings. The quantitative estimate of drug-likeness (QED) is 0.619. The summed E-state index contributed by atoms with van der Waals surface area (Å²) in [6.45, 7) is 1.65. The Bertz CT molecular complexity index is 1140. The third-order valence-electron chi connectivity index (χ3n) is 5.27. The first-order chi connectivity index (χ1) is 15.0. The summed E-state index contributed by atoms with van der Waals surface area (Å²) < 4.78 is 42.4. The van der Waals surface area contributed by atoms with Crippen LogP contribution in [-0.2, 0) is 15.2 Å². The molecule has 4 rings (SSSR count). The summed E-state index contributed by atoms with van der Waals surface area (Å²) in [6.07, 6.45) is -5.39. The first-order valence-corrected chi connectivity index (χ1v) is 11.2. The van der Waals surface area contributed by atoms with Crippen molar-refractivity contribution in [2.75, 3.05) is 5.75 Å². The predicted molar refractivity (Wildman–Crippen MR) is 116 cm³/mol. The van der Waals surface area contributed by atoms with Crippen LogP contribution in [0, 0.1) is 6.92 Å². The van der Waals surface area contributed by atoms with E-state index in [2.05, 4.69) is 10.5 Å². The lowest BCUT2D eigenvalue weighted by atomic mass is 9.86. The van der Waals surface area contributed by atoms with Gasteiger partial charge in [0, 0.05) is 27.6 Å². The molecule has 0 radical (unpaired) electrons. The zero-order valence-electron chi connectivity index (χ0n) is 16.4. The van der Waals surface area contributed by atoms with Crippen molar-refractivity contribution in [3.63, 3.8) is 0 Å². The van der Waals surface area contributed by atoms with Crippen LogP contribution in [0.3, 0.4) is 0 Å². The molecule has 1 saturated heterocycles. The molecule has 0 aliphatic carbocycles. The number of rotatable bonds is 4. The molecule has 2 aromatic carbocycles. The molecular formula is C21H15Cl2F3N2O3S. The van der Waals surface area contributed by atoms with E-state index >= 15 is 0 Å². The number of ketones is 1. The Balaban J connectivity index is 1.60. The van der Waals surface area contributed by atoms with Crippen molar-refractivity contribution >= 4 is 52.4 Å². The van der Waals surface area contributed by atoms with E-state index in [9.17, 15) is 22.8 Å². The molecular weight excluding hydrogens is 488 g/mol. The summed E-state index contributed by atoms with van der Waals surface area (Å²) in [5.74, 6) is -0.122. The number of aryl methyl sites for hydroxylation is 1. The van der Waals surface area contributed by atoms with Gasteiger partial charge in [0.05, 0.1) is 11.5 Å². The van der Waals surface area contributed by atoms with Gasteiger partial charge in [-0.2, -0.15) is 13.2 Å². The fourth-order valence-electron chi connectivity index (χ4n) is 3.50. The largest absolute Gasteiger partial charge is 0.435 e. The Labute approximate surface area is 195 Å². The van der Waals surface area contributed by atoms with Crippen LogP contribution in [0.15, 0.2) is 41.6 Å². The van der Waals surface area contributed by atoms with Gasteiger partial charge in [-0.1, -0.05) is 34.4 Å². The lowest BCUT2D eigenvalue weighted by Gasteiger charge is -2.29.